The number of anilines is 5. The summed E-state index contributed by atoms with van der Waals surface area (Å²) in [4.78, 5) is 5.59. The number of para-hydroxylation sites is 1. The second kappa shape index (κ2) is 14.5. The highest BCUT2D eigenvalue weighted by molar-refractivity contribution is 6.94. The fraction of sp³-hybridized carbons (Fsp3) is 0.400. The smallest absolute Gasteiger partial charge is 0.333 e. The van der Waals surface area contributed by atoms with Gasteiger partial charge in [0.25, 0.3) is 0 Å². The third-order valence-electron chi connectivity index (χ3n) is 20.7. The van der Waals surface area contributed by atoms with Crippen molar-refractivity contribution in [1.82, 2.24) is 0 Å². The number of benzene rings is 7. The highest BCUT2D eigenvalue weighted by atomic mass is 16.3. The maximum Gasteiger partial charge on any atom is 0.333 e. The lowest BCUT2D eigenvalue weighted by Crippen LogP contribution is -2.63. The van der Waals surface area contributed by atoms with Gasteiger partial charge in [-0.3, -0.25) is 0 Å². The third kappa shape index (κ3) is 6.03. The van der Waals surface area contributed by atoms with Crippen molar-refractivity contribution in [2.75, 3.05) is 9.71 Å². The minimum absolute atomic E-state index is 0.00545. The summed E-state index contributed by atoms with van der Waals surface area (Å²) in [7, 11) is 0. The van der Waals surface area contributed by atoms with Crippen LogP contribution in [0.15, 0.2) is 114 Å². The average Bonchev–Trinajstić information content (AvgIpc) is 3.85. The quantitative estimate of drug-likeness (QED) is 0.161. The fourth-order valence-corrected chi connectivity index (χ4v) is 15.9. The van der Waals surface area contributed by atoms with Gasteiger partial charge in [0.2, 0.25) is 0 Å². The Hall–Kier alpha value is -6.00. The van der Waals surface area contributed by atoms with E-state index in [9.17, 15) is 0 Å². The standard InChI is InChI=1S/C70H75BN2O/c1-40-34-48-51(68(10,11)32-30-65(48,4)5)37-54(40)72-53-27-25-43-42-20-16-18-22-46(42)70(14,15)61(43)63(53)71-62-56(72)39-58-59(44-21-17-19-23-57(44)74-58)60(62)45-36-50-52(69(12,13)33-31-67(50,8)9)38-55(45)73(71)41-24-26-47-49(35-41)66(6,7)29-28-64(47,2)3/h16-27,34-39H,28-33H2,1-15H3. The molecule has 1 aromatic heterocycles. The summed E-state index contributed by atoms with van der Waals surface area (Å²) in [5.41, 5.74) is 29.5. The van der Waals surface area contributed by atoms with E-state index < -0.39 is 0 Å². The van der Waals surface area contributed by atoms with Crippen LogP contribution in [0.1, 0.15) is 186 Å². The molecule has 0 spiro atoms. The lowest BCUT2D eigenvalue weighted by atomic mass is 9.41. The van der Waals surface area contributed by atoms with E-state index in [4.69, 9.17) is 4.42 Å². The van der Waals surface area contributed by atoms with Crippen molar-refractivity contribution in [2.45, 2.75) is 180 Å². The molecule has 0 unspecified atom stereocenters. The number of hydrogen-bond donors (Lipinski definition) is 0. The molecule has 0 saturated carbocycles. The zero-order valence-electron chi connectivity index (χ0n) is 47.0. The van der Waals surface area contributed by atoms with Gasteiger partial charge in [-0.1, -0.05) is 158 Å². The number of rotatable bonds is 2. The lowest BCUT2D eigenvalue weighted by Gasteiger charge is -2.50. The van der Waals surface area contributed by atoms with Crippen molar-refractivity contribution >= 4 is 68.1 Å². The van der Waals surface area contributed by atoms with Gasteiger partial charge in [-0.25, -0.2) is 0 Å². The highest BCUT2D eigenvalue weighted by Gasteiger charge is 2.53. The van der Waals surface area contributed by atoms with Gasteiger partial charge in [0, 0.05) is 56.3 Å². The summed E-state index contributed by atoms with van der Waals surface area (Å²) in [5, 5.41) is 2.42. The van der Waals surface area contributed by atoms with Crippen molar-refractivity contribution in [3.63, 3.8) is 0 Å². The molecule has 0 fully saturated rings. The first-order chi connectivity index (χ1) is 34.8. The van der Waals surface area contributed by atoms with E-state index in [1.54, 1.807) is 0 Å². The topological polar surface area (TPSA) is 19.6 Å². The Morgan fingerprint density at radius 1 is 0.419 bits per heavy atom. The molecule has 0 atom stereocenters. The van der Waals surface area contributed by atoms with Crippen molar-refractivity contribution < 1.29 is 4.42 Å². The summed E-state index contributed by atoms with van der Waals surface area (Å²) in [5.74, 6) is 0. The molecule has 0 amide bonds. The largest absolute Gasteiger partial charge is 0.456 e. The molecule has 0 N–H and O–H groups in total. The maximum absolute atomic E-state index is 7.20. The molecule has 4 aliphatic carbocycles. The van der Waals surface area contributed by atoms with Gasteiger partial charge in [0.1, 0.15) is 11.2 Å². The molecule has 374 valence electrons. The lowest BCUT2D eigenvalue weighted by molar-refractivity contribution is 0.332. The molecular formula is C70H75BN2O. The van der Waals surface area contributed by atoms with Gasteiger partial charge in [0.15, 0.2) is 0 Å². The van der Waals surface area contributed by atoms with Gasteiger partial charge in [-0.2, -0.15) is 0 Å². The van der Waals surface area contributed by atoms with Crippen LogP contribution in [0.25, 0.3) is 44.2 Å². The molecule has 0 radical (unpaired) electrons. The predicted octanol–water partition coefficient (Wildman–Crippen LogP) is 18.0. The van der Waals surface area contributed by atoms with Gasteiger partial charge < -0.3 is 14.1 Å². The normalized spacial score (nSPS) is 21.0. The number of fused-ring (bicyclic) bond motifs is 15. The van der Waals surface area contributed by atoms with Crippen molar-refractivity contribution in [3.8, 4) is 22.3 Å². The van der Waals surface area contributed by atoms with Crippen LogP contribution in [-0.2, 0) is 37.9 Å². The van der Waals surface area contributed by atoms with Crippen LogP contribution in [0.5, 0.6) is 0 Å². The molecule has 3 nitrogen and oxygen atoms in total. The maximum atomic E-state index is 7.20. The van der Waals surface area contributed by atoms with Gasteiger partial charge >= 0.3 is 6.85 Å². The molecule has 8 aromatic rings. The molecular weight excluding hydrogens is 896 g/mol. The first-order valence-corrected chi connectivity index (χ1v) is 28.2. The van der Waals surface area contributed by atoms with E-state index in [2.05, 4.69) is 223 Å². The molecule has 0 bridgehead atoms. The van der Waals surface area contributed by atoms with E-state index in [0.29, 0.717) is 0 Å². The minimum Gasteiger partial charge on any atom is -0.456 e. The monoisotopic (exact) mass is 971 g/mol. The van der Waals surface area contributed by atoms with Crippen LogP contribution < -0.4 is 20.6 Å². The molecule has 2 aliphatic heterocycles. The fourth-order valence-electron chi connectivity index (χ4n) is 15.9. The Morgan fingerprint density at radius 3 is 1.64 bits per heavy atom. The van der Waals surface area contributed by atoms with Crippen LogP contribution in [0, 0.1) is 6.92 Å². The van der Waals surface area contributed by atoms with E-state index in [-0.39, 0.29) is 44.8 Å². The SMILES string of the molecule is Cc1cc2c(cc1N1c3ccc4c(c3B3c5c1cc1oc6ccccc6c1c5-c1cc5c(cc1N3c1ccc3c(c1)C(C)(C)CCC3(C)C)C(C)(C)CCC5(C)C)C(C)(C)c1ccccc1-4)C(C)(C)CCC2(C)C. The third-order valence-corrected chi connectivity index (χ3v) is 20.7. The predicted molar refractivity (Wildman–Crippen MR) is 316 cm³/mol. The van der Waals surface area contributed by atoms with Gasteiger partial charge in [-0.15, -0.1) is 0 Å². The molecule has 6 aliphatic rings. The highest BCUT2D eigenvalue weighted by Crippen LogP contribution is 2.59. The van der Waals surface area contributed by atoms with E-state index in [1.165, 1.54) is 135 Å². The van der Waals surface area contributed by atoms with Crippen LogP contribution in [0.3, 0.4) is 0 Å². The molecule has 7 aromatic carbocycles. The Morgan fingerprint density at radius 2 is 0.973 bits per heavy atom. The first kappa shape index (κ1) is 46.5. The van der Waals surface area contributed by atoms with E-state index >= 15 is 0 Å². The Labute approximate surface area is 441 Å². The Balaban J connectivity index is 1.20. The van der Waals surface area contributed by atoms with Crippen molar-refractivity contribution in [1.29, 1.82) is 0 Å². The van der Waals surface area contributed by atoms with Crippen LogP contribution >= 0.6 is 0 Å². The summed E-state index contributed by atoms with van der Waals surface area (Å²) < 4.78 is 7.20. The Kier molecular flexibility index (Phi) is 9.10. The molecule has 0 saturated heterocycles. The summed E-state index contributed by atoms with van der Waals surface area (Å²) in [6.07, 6.45) is 7.00. The zero-order chi connectivity index (χ0) is 51.8. The number of hydrogen-bond acceptors (Lipinski definition) is 3. The number of aryl methyl sites for hydroxylation is 1. The van der Waals surface area contributed by atoms with E-state index in [0.717, 1.165) is 36.8 Å². The first-order valence-electron chi connectivity index (χ1n) is 28.2. The van der Waals surface area contributed by atoms with Gasteiger partial charge in [-0.05, 0) is 198 Å². The second-order valence-corrected chi connectivity index (χ2v) is 28.5. The molecule has 14 rings (SSSR count). The molecule has 3 heterocycles. The van der Waals surface area contributed by atoms with E-state index in [1.807, 2.05) is 0 Å². The van der Waals surface area contributed by atoms with Crippen LogP contribution in [0.4, 0.5) is 28.4 Å². The minimum atomic E-state index is -0.278. The second-order valence-electron chi connectivity index (χ2n) is 28.5. The summed E-state index contributed by atoms with van der Waals surface area (Å²) in [6, 6.07) is 43.8. The molecule has 74 heavy (non-hydrogen) atoms. The summed E-state index contributed by atoms with van der Waals surface area (Å²) >= 11 is 0. The molecule has 4 heteroatoms. The summed E-state index contributed by atoms with van der Waals surface area (Å²) in [6.45, 7) is 37.0. The zero-order valence-corrected chi connectivity index (χ0v) is 47.0. The Bertz CT molecular complexity index is 3810. The number of nitrogens with zero attached hydrogens (tertiary/aromatic N) is 2. The van der Waals surface area contributed by atoms with Crippen LogP contribution in [-0.4, -0.2) is 6.85 Å². The number of furan rings is 1. The van der Waals surface area contributed by atoms with Crippen LogP contribution in [0.2, 0.25) is 0 Å². The average molecular weight is 971 g/mol. The van der Waals surface area contributed by atoms with Crippen molar-refractivity contribution in [3.05, 3.63) is 159 Å². The van der Waals surface area contributed by atoms with Gasteiger partial charge in [0.05, 0.1) is 0 Å². The van der Waals surface area contributed by atoms with Crippen molar-refractivity contribution in [2.24, 2.45) is 0 Å².